The summed E-state index contributed by atoms with van der Waals surface area (Å²) >= 11 is 0. The van der Waals surface area contributed by atoms with E-state index < -0.39 is 0 Å². The van der Waals surface area contributed by atoms with Gasteiger partial charge in [0.15, 0.2) is 13.1 Å². The predicted octanol–water partition coefficient (Wildman–Crippen LogP) is 5.50. The van der Waals surface area contributed by atoms with Crippen molar-refractivity contribution >= 4 is 11.9 Å². The molecule has 4 bridgehead atoms. The lowest BCUT2D eigenvalue weighted by molar-refractivity contribution is -0.919. The summed E-state index contributed by atoms with van der Waals surface area (Å²) in [6.07, 6.45) is 10.1. The summed E-state index contributed by atoms with van der Waals surface area (Å²) in [5.74, 6) is 1.07. The van der Waals surface area contributed by atoms with Gasteiger partial charge in [0, 0.05) is 10.8 Å². The van der Waals surface area contributed by atoms with Crippen molar-refractivity contribution in [3.63, 3.8) is 0 Å². The highest BCUT2D eigenvalue weighted by Crippen LogP contribution is 2.67. The number of carbonyl (C=O) groups excluding carboxylic acids is 2. The molecule has 5 fully saturated rings. The SMILES string of the molecule is CC1(C)[C@H]2CC[C@@]1(C)[C@H](OC(=O)C[N+]1(CC(=O)O[C@@H]3C[C@@H]4CC[C@@]3(C)C4(C)C)CCCCC1)C2. The van der Waals surface area contributed by atoms with Gasteiger partial charge in [0.05, 0.1) is 13.1 Å². The minimum absolute atomic E-state index is 0.0155. The molecule has 0 spiro atoms. The second kappa shape index (κ2) is 7.95. The van der Waals surface area contributed by atoms with E-state index in [0.717, 1.165) is 51.6 Å². The highest BCUT2D eigenvalue weighted by molar-refractivity contribution is 5.73. The van der Waals surface area contributed by atoms with Gasteiger partial charge in [-0.25, -0.2) is 9.59 Å². The Labute approximate surface area is 206 Å². The molecule has 5 nitrogen and oxygen atoms in total. The number of ether oxygens (including phenoxy) is 2. The van der Waals surface area contributed by atoms with Crippen LogP contribution in [0.1, 0.15) is 99.3 Å². The summed E-state index contributed by atoms with van der Waals surface area (Å²) in [5, 5.41) is 0. The fraction of sp³-hybridized carbons (Fsp3) is 0.931. The van der Waals surface area contributed by atoms with Gasteiger partial charge in [0.25, 0.3) is 0 Å². The molecule has 4 saturated carbocycles. The molecule has 4 aliphatic carbocycles. The molecular weight excluding hydrogens is 426 g/mol. The number of rotatable bonds is 6. The number of nitrogens with zero attached hydrogens (tertiary/aromatic N) is 1. The van der Waals surface area contributed by atoms with Crippen LogP contribution >= 0.6 is 0 Å². The summed E-state index contributed by atoms with van der Waals surface area (Å²) in [7, 11) is 0. The molecule has 1 aliphatic heterocycles. The number of fused-ring (bicyclic) bond motifs is 4. The topological polar surface area (TPSA) is 52.6 Å². The molecule has 34 heavy (non-hydrogen) atoms. The van der Waals surface area contributed by atoms with E-state index in [9.17, 15) is 9.59 Å². The number of hydrogen-bond donors (Lipinski definition) is 0. The van der Waals surface area contributed by atoms with Gasteiger partial charge in [-0.15, -0.1) is 0 Å². The number of likely N-dealkylation sites (tertiary alicyclic amines) is 1. The molecule has 0 unspecified atom stereocenters. The number of quaternary nitrogens is 1. The van der Waals surface area contributed by atoms with Gasteiger partial charge < -0.3 is 14.0 Å². The predicted molar refractivity (Wildman–Crippen MR) is 132 cm³/mol. The second-order valence-corrected chi connectivity index (χ2v) is 14.3. The first kappa shape index (κ1) is 24.6. The monoisotopic (exact) mass is 474 g/mol. The molecule has 5 rings (SSSR count). The van der Waals surface area contributed by atoms with Gasteiger partial charge in [0.1, 0.15) is 12.2 Å². The molecule has 1 saturated heterocycles. The van der Waals surface area contributed by atoms with E-state index in [2.05, 4.69) is 41.5 Å². The van der Waals surface area contributed by atoms with Crippen LogP contribution < -0.4 is 0 Å². The largest absolute Gasteiger partial charge is 0.458 e. The minimum atomic E-state index is -0.114. The van der Waals surface area contributed by atoms with Crippen molar-refractivity contribution in [3.05, 3.63) is 0 Å². The van der Waals surface area contributed by atoms with Gasteiger partial charge in [-0.05, 0) is 80.5 Å². The first-order chi connectivity index (χ1) is 15.8. The Bertz CT molecular complexity index is 781. The van der Waals surface area contributed by atoms with Crippen molar-refractivity contribution in [3.8, 4) is 0 Å². The fourth-order valence-corrected chi connectivity index (χ4v) is 9.11. The van der Waals surface area contributed by atoms with E-state index in [1.165, 1.54) is 19.3 Å². The Morgan fingerprint density at radius 2 is 1.12 bits per heavy atom. The fourth-order valence-electron chi connectivity index (χ4n) is 9.11. The first-order valence-electron chi connectivity index (χ1n) is 14.1. The van der Waals surface area contributed by atoms with Crippen LogP contribution in [0.25, 0.3) is 0 Å². The van der Waals surface area contributed by atoms with Gasteiger partial charge in [0.2, 0.25) is 0 Å². The maximum atomic E-state index is 13.3. The van der Waals surface area contributed by atoms with Crippen LogP contribution in [0.2, 0.25) is 0 Å². The van der Waals surface area contributed by atoms with Crippen LogP contribution in [0.15, 0.2) is 0 Å². The van der Waals surface area contributed by atoms with Crippen LogP contribution in [0.5, 0.6) is 0 Å². The van der Waals surface area contributed by atoms with E-state index in [1.54, 1.807) is 0 Å². The smallest absolute Gasteiger partial charge is 0.362 e. The summed E-state index contributed by atoms with van der Waals surface area (Å²) in [4.78, 5) is 26.6. The zero-order valence-electron chi connectivity index (χ0n) is 22.6. The summed E-state index contributed by atoms with van der Waals surface area (Å²) in [6.45, 7) is 16.4. The normalized spacial score (nSPS) is 43.1. The van der Waals surface area contributed by atoms with E-state index in [0.29, 0.717) is 29.4 Å². The zero-order chi connectivity index (χ0) is 24.6. The molecule has 5 heteroatoms. The number of esters is 2. The Morgan fingerprint density at radius 3 is 1.44 bits per heavy atom. The standard InChI is InChI=1S/C29H48NO4/c1-26(2)20-10-12-28(26,5)22(16-20)33-24(31)18-30(14-8-7-9-15-30)19-25(32)34-23-17-21-11-13-29(23,6)27(21,3)4/h20-23H,7-19H2,1-6H3/q+1/t20-,21-,22+,23+,28-,29+/m0/s1. The van der Waals surface area contributed by atoms with Gasteiger partial charge in [-0.1, -0.05) is 41.5 Å². The molecule has 1 heterocycles. The molecule has 0 aromatic rings. The quantitative estimate of drug-likeness (QED) is 0.377. The first-order valence-corrected chi connectivity index (χ1v) is 14.1. The Hall–Kier alpha value is -1.10. The Morgan fingerprint density at radius 1 is 0.706 bits per heavy atom. The van der Waals surface area contributed by atoms with E-state index in [4.69, 9.17) is 9.47 Å². The third-order valence-corrected chi connectivity index (χ3v) is 12.7. The summed E-state index contributed by atoms with van der Waals surface area (Å²) < 4.78 is 12.9. The summed E-state index contributed by atoms with van der Waals surface area (Å²) in [6, 6.07) is 0. The number of carbonyl (C=O) groups is 2. The molecule has 5 aliphatic rings. The lowest BCUT2D eigenvalue weighted by atomic mass is 9.70. The summed E-state index contributed by atoms with van der Waals surface area (Å²) in [5.41, 5.74) is 0.597. The van der Waals surface area contributed by atoms with Crippen molar-refractivity contribution in [1.82, 2.24) is 0 Å². The van der Waals surface area contributed by atoms with E-state index >= 15 is 0 Å². The van der Waals surface area contributed by atoms with Crippen LogP contribution in [-0.4, -0.2) is 54.8 Å². The minimum Gasteiger partial charge on any atom is -0.458 e. The Balaban J connectivity index is 1.23. The van der Waals surface area contributed by atoms with Crippen LogP contribution in [0, 0.1) is 33.5 Å². The molecular formula is C29H48NO4+. The van der Waals surface area contributed by atoms with E-state index in [1.807, 2.05) is 0 Å². The lowest BCUT2D eigenvalue weighted by Crippen LogP contribution is -2.58. The molecule has 192 valence electrons. The molecule has 0 amide bonds. The molecule has 0 aromatic carbocycles. The van der Waals surface area contributed by atoms with Crippen molar-refractivity contribution < 1.29 is 23.5 Å². The maximum Gasteiger partial charge on any atom is 0.362 e. The van der Waals surface area contributed by atoms with Gasteiger partial charge in [-0.3, -0.25) is 0 Å². The third-order valence-electron chi connectivity index (χ3n) is 12.7. The van der Waals surface area contributed by atoms with Crippen LogP contribution in [0.3, 0.4) is 0 Å². The highest BCUT2D eigenvalue weighted by Gasteiger charge is 2.64. The van der Waals surface area contributed by atoms with Crippen molar-refractivity contribution in [1.29, 1.82) is 0 Å². The zero-order valence-corrected chi connectivity index (χ0v) is 22.6. The maximum absolute atomic E-state index is 13.3. The van der Waals surface area contributed by atoms with Crippen LogP contribution in [-0.2, 0) is 19.1 Å². The molecule has 0 radical (unpaired) electrons. The third kappa shape index (κ3) is 3.50. The highest BCUT2D eigenvalue weighted by atomic mass is 16.6. The second-order valence-electron chi connectivity index (χ2n) is 14.3. The number of piperidine rings is 1. The average molecular weight is 475 g/mol. The lowest BCUT2D eigenvalue weighted by Gasteiger charge is -2.42. The van der Waals surface area contributed by atoms with E-state index in [-0.39, 0.29) is 45.8 Å². The van der Waals surface area contributed by atoms with Gasteiger partial charge in [-0.2, -0.15) is 0 Å². The van der Waals surface area contributed by atoms with Crippen molar-refractivity contribution in [2.45, 2.75) is 112 Å². The molecule has 0 N–H and O–H groups in total. The van der Waals surface area contributed by atoms with Crippen molar-refractivity contribution in [2.75, 3.05) is 26.2 Å². The Kier molecular flexibility index (Phi) is 5.75. The van der Waals surface area contributed by atoms with Crippen LogP contribution in [0.4, 0.5) is 0 Å². The molecule has 6 atom stereocenters. The van der Waals surface area contributed by atoms with Gasteiger partial charge >= 0.3 is 11.9 Å². The number of hydrogen-bond acceptors (Lipinski definition) is 4. The molecule has 0 aromatic heterocycles. The van der Waals surface area contributed by atoms with Crippen molar-refractivity contribution in [2.24, 2.45) is 33.5 Å². The average Bonchev–Trinajstić information content (AvgIpc) is 3.26.